The largest absolute Gasteiger partial charge is 0.493 e. The minimum absolute atomic E-state index is 0.00109. The van der Waals surface area contributed by atoms with Gasteiger partial charge in [-0.1, -0.05) is 18.2 Å². The summed E-state index contributed by atoms with van der Waals surface area (Å²) in [6.07, 6.45) is 1.83. The smallest absolute Gasteiger partial charge is 0.309 e. The highest BCUT2D eigenvalue weighted by molar-refractivity contribution is 5.79. The molecule has 0 N–H and O–H groups in total. The Morgan fingerprint density at radius 1 is 1.53 bits per heavy atom. The predicted octanol–water partition coefficient (Wildman–Crippen LogP) is 2.29. The molecule has 0 bridgehead atoms. The van der Waals surface area contributed by atoms with Crippen molar-refractivity contribution in [2.45, 2.75) is 25.2 Å². The second kappa shape index (κ2) is 3.76. The molecule has 0 radical (unpaired) electrons. The first-order valence-corrected chi connectivity index (χ1v) is 6.17. The Labute approximate surface area is 101 Å². The second-order valence-electron chi connectivity index (χ2n) is 4.76. The molecule has 1 heterocycles. The van der Waals surface area contributed by atoms with Crippen LogP contribution in [0.4, 0.5) is 0 Å². The number of fused-ring (bicyclic) bond motifs is 2. The molecule has 1 aromatic rings. The molecule has 2 aliphatic rings. The van der Waals surface area contributed by atoms with Crippen molar-refractivity contribution in [1.82, 2.24) is 0 Å². The zero-order valence-electron chi connectivity index (χ0n) is 9.94. The van der Waals surface area contributed by atoms with Gasteiger partial charge in [0.2, 0.25) is 0 Å². The van der Waals surface area contributed by atoms with E-state index < -0.39 is 0 Å². The summed E-state index contributed by atoms with van der Waals surface area (Å²) < 4.78 is 10.8. The molecular formula is C14H16O3. The molecule has 17 heavy (non-hydrogen) atoms. The minimum atomic E-state index is -0.0517. The lowest BCUT2D eigenvalue weighted by Gasteiger charge is -2.26. The zero-order chi connectivity index (χ0) is 11.9. The summed E-state index contributed by atoms with van der Waals surface area (Å²) in [5.74, 6) is 0.919. The fraction of sp³-hybridized carbons (Fsp3) is 0.500. The van der Waals surface area contributed by atoms with Crippen molar-refractivity contribution < 1.29 is 14.3 Å². The van der Waals surface area contributed by atoms with Crippen LogP contribution in [-0.2, 0) is 14.9 Å². The van der Waals surface area contributed by atoms with Gasteiger partial charge < -0.3 is 9.47 Å². The van der Waals surface area contributed by atoms with Crippen molar-refractivity contribution in [2.24, 2.45) is 5.92 Å². The lowest BCUT2D eigenvalue weighted by Crippen LogP contribution is -2.24. The number of hydrogen-bond donors (Lipinski definition) is 0. The Morgan fingerprint density at radius 2 is 2.35 bits per heavy atom. The summed E-state index contributed by atoms with van der Waals surface area (Å²) in [6.45, 7) is 3.02. The molecule has 3 heteroatoms. The number of ether oxygens (including phenoxy) is 2. The molecule has 3 nitrogen and oxygen atoms in total. The van der Waals surface area contributed by atoms with E-state index in [1.807, 2.05) is 25.1 Å². The monoisotopic (exact) mass is 232 g/mol. The number of carbonyl (C=O) groups excluding carboxylic acids is 1. The summed E-state index contributed by atoms with van der Waals surface area (Å²) in [6, 6.07) is 8.04. The lowest BCUT2D eigenvalue weighted by molar-refractivity contribution is -0.145. The molecule has 0 aromatic heterocycles. The van der Waals surface area contributed by atoms with Crippen LogP contribution in [0.2, 0.25) is 0 Å². The second-order valence-corrected chi connectivity index (χ2v) is 4.76. The van der Waals surface area contributed by atoms with Gasteiger partial charge in [0.25, 0.3) is 0 Å². The van der Waals surface area contributed by atoms with Gasteiger partial charge >= 0.3 is 5.97 Å². The van der Waals surface area contributed by atoms with Gasteiger partial charge in [0.1, 0.15) is 5.75 Å². The van der Waals surface area contributed by atoms with Crippen LogP contribution >= 0.6 is 0 Å². The highest BCUT2D eigenvalue weighted by Crippen LogP contribution is 2.60. The Bertz CT molecular complexity index is 455. The van der Waals surface area contributed by atoms with Crippen molar-refractivity contribution in [1.29, 1.82) is 0 Å². The van der Waals surface area contributed by atoms with Crippen LogP contribution in [0.1, 0.15) is 25.3 Å². The van der Waals surface area contributed by atoms with Gasteiger partial charge in [-0.05, 0) is 25.8 Å². The van der Waals surface area contributed by atoms with Crippen LogP contribution in [0, 0.1) is 5.92 Å². The van der Waals surface area contributed by atoms with Crippen molar-refractivity contribution >= 4 is 5.97 Å². The highest BCUT2D eigenvalue weighted by Gasteiger charge is 2.61. The Hall–Kier alpha value is -1.51. The van der Waals surface area contributed by atoms with Crippen LogP contribution in [0.15, 0.2) is 24.3 Å². The molecule has 1 aromatic carbocycles. The maximum atomic E-state index is 11.8. The lowest BCUT2D eigenvalue weighted by atomic mass is 9.87. The molecule has 0 unspecified atom stereocenters. The summed E-state index contributed by atoms with van der Waals surface area (Å²) in [5, 5.41) is 0. The first-order valence-electron chi connectivity index (χ1n) is 6.17. The standard InChI is InChI=1S/C14H16O3/c1-2-16-13(15)11-9-14(11)7-8-17-12-6-4-3-5-10(12)14/h3-6,11H,2,7-9H2,1H3/t11-,14-/m0/s1. The molecule has 1 aliphatic heterocycles. The van der Waals surface area contributed by atoms with Crippen LogP contribution in [0.3, 0.4) is 0 Å². The molecule has 0 amide bonds. The van der Waals surface area contributed by atoms with Gasteiger partial charge in [-0.15, -0.1) is 0 Å². The molecule has 1 saturated carbocycles. The van der Waals surface area contributed by atoms with E-state index in [-0.39, 0.29) is 17.3 Å². The average Bonchev–Trinajstić information content (AvgIpc) is 3.06. The van der Waals surface area contributed by atoms with Gasteiger partial charge in [-0.2, -0.15) is 0 Å². The summed E-state index contributed by atoms with van der Waals surface area (Å²) in [7, 11) is 0. The van der Waals surface area contributed by atoms with E-state index in [0.717, 1.165) is 18.6 Å². The molecule has 3 rings (SSSR count). The summed E-state index contributed by atoms with van der Waals surface area (Å²) in [5.41, 5.74) is 1.19. The maximum Gasteiger partial charge on any atom is 0.309 e. The molecule has 2 atom stereocenters. The normalized spacial score (nSPS) is 29.4. The van der Waals surface area contributed by atoms with Crippen molar-refractivity contribution in [3.05, 3.63) is 29.8 Å². The molecule has 0 saturated heterocycles. The number of esters is 1. The van der Waals surface area contributed by atoms with Crippen LogP contribution < -0.4 is 4.74 Å². The van der Waals surface area contributed by atoms with Crippen molar-refractivity contribution in [3.8, 4) is 5.75 Å². The molecule has 90 valence electrons. The van der Waals surface area contributed by atoms with E-state index in [4.69, 9.17) is 9.47 Å². The Morgan fingerprint density at radius 3 is 3.18 bits per heavy atom. The minimum Gasteiger partial charge on any atom is -0.493 e. The van der Waals surface area contributed by atoms with Gasteiger partial charge in [-0.25, -0.2) is 0 Å². The fourth-order valence-corrected chi connectivity index (χ4v) is 2.91. The molecule has 1 spiro atoms. The topological polar surface area (TPSA) is 35.5 Å². The van der Waals surface area contributed by atoms with Crippen LogP contribution in [0.5, 0.6) is 5.75 Å². The number of para-hydroxylation sites is 1. The van der Waals surface area contributed by atoms with Gasteiger partial charge in [0.05, 0.1) is 19.1 Å². The summed E-state index contributed by atoms with van der Waals surface area (Å²) in [4.78, 5) is 11.8. The van der Waals surface area contributed by atoms with Crippen LogP contribution in [-0.4, -0.2) is 19.2 Å². The Balaban J connectivity index is 1.90. The van der Waals surface area contributed by atoms with E-state index in [2.05, 4.69) is 6.07 Å². The number of carbonyl (C=O) groups is 1. The van der Waals surface area contributed by atoms with Gasteiger partial charge in [0, 0.05) is 11.0 Å². The average molecular weight is 232 g/mol. The predicted molar refractivity (Wildman–Crippen MR) is 63.0 cm³/mol. The summed E-state index contributed by atoms with van der Waals surface area (Å²) >= 11 is 0. The van der Waals surface area contributed by atoms with Crippen molar-refractivity contribution in [2.75, 3.05) is 13.2 Å². The third-order valence-electron chi connectivity index (χ3n) is 3.88. The Kier molecular flexibility index (Phi) is 2.35. The molecule has 1 aliphatic carbocycles. The van der Waals surface area contributed by atoms with Crippen LogP contribution in [0.25, 0.3) is 0 Å². The molecular weight excluding hydrogens is 216 g/mol. The highest BCUT2D eigenvalue weighted by atomic mass is 16.5. The molecule has 1 fully saturated rings. The van der Waals surface area contributed by atoms with E-state index in [1.54, 1.807) is 0 Å². The number of benzene rings is 1. The quantitative estimate of drug-likeness (QED) is 0.734. The number of hydrogen-bond acceptors (Lipinski definition) is 3. The van der Waals surface area contributed by atoms with E-state index in [0.29, 0.717) is 13.2 Å². The SMILES string of the molecule is CCOC(=O)[C@@H]1C[C@]12CCOc1ccccc12. The first-order chi connectivity index (χ1) is 8.28. The van der Waals surface area contributed by atoms with E-state index >= 15 is 0 Å². The van der Waals surface area contributed by atoms with E-state index in [1.165, 1.54) is 5.56 Å². The first kappa shape index (κ1) is 10.6. The fourth-order valence-electron chi connectivity index (χ4n) is 2.91. The number of rotatable bonds is 2. The maximum absolute atomic E-state index is 11.8. The third-order valence-corrected chi connectivity index (χ3v) is 3.88. The zero-order valence-corrected chi connectivity index (χ0v) is 9.94. The third kappa shape index (κ3) is 1.53. The van der Waals surface area contributed by atoms with Gasteiger partial charge in [0.15, 0.2) is 0 Å². The van der Waals surface area contributed by atoms with E-state index in [9.17, 15) is 4.79 Å². The van der Waals surface area contributed by atoms with Crippen molar-refractivity contribution in [3.63, 3.8) is 0 Å². The van der Waals surface area contributed by atoms with Gasteiger partial charge in [-0.3, -0.25) is 4.79 Å².